The molecule has 10 heteroatoms. The smallest absolute Gasteiger partial charge is 0.330 e. The van der Waals surface area contributed by atoms with Crippen molar-refractivity contribution in [1.82, 2.24) is 4.90 Å². The maximum atomic E-state index is 12.9. The van der Waals surface area contributed by atoms with E-state index in [0.29, 0.717) is 25.1 Å². The number of hydrogen-bond acceptors (Lipinski definition) is 2. The van der Waals surface area contributed by atoms with Crippen molar-refractivity contribution in [3.8, 4) is 0 Å². The summed E-state index contributed by atoms with van der Waals surface area (Å²) in [5.74, 6) is -1.13. The van der Waals surface area contributed by atoms with Gasteiger partial charge in [-0.1, -0.05) is 20.8 Å². The molecule has 0 radical (unpaired) electrons. The van der Waals surface area contributed by atoms with E-state index in [4.69, 9.17) is 0 Å². The molecule has 1 aliphatic heterocycles. The fourth-order valence-corrected chi connectivity index (χ4v) is 2.97. The number of nitrogens with one attached hydrogen (secondary N) is 1. The van der Waals surface area contributed by atoms with Crippen LogP contribution in [-0.4, -0.2) is 29.3 Å². The van der Waals surface area contributed by atoms with Gasteiger partial charge in [-0.3, -0.25) is 9.59 Å². The maximum Gasteiger partial charge on any atom is 0.416 e. The zero-order valence-electron chi connectivity index (χ0n) is 15.5. The average Bonchev–Trinajstić information content (AvgIpc) is 3.00. The summed E-state index contributed by atoms with van der Waals surface area (Å²) in [4.78, 5) is 26.3. The molecule has 1 unspecified atom stereocenters. The highest BCUT2D eigenvalue weighted by atomic mass is 19.4. The number of amides is 2. The molecule has 1 fully saturated rings. The Morgan fingerprint density at radius 3 is 1.89 bits per heavy atom. The third-order valence-corrected chi connectivity index (χ3v) is 4.31. The fraction of sp³-hybridized carbons (Fsp3) is 0.556. The Hall–Kier alpha value is -2.26. The second kappa shape index (κ2) is 7.29. The van der Waals surface area contributed by atoms with Crippen molar-refractivity contribution >= 4 is 17.5 Å². The Morgan fingerprint density at radius 1 is 0.964 bits per heavy atom. The van der Waals surface area contributed by atoms with Crippen LogP contribution in [0.5, 0.6) is 0 Å². The van der Waals surface area contributed by atoms with Gasteiger partial charge in [0.2, 0.25) is 11.8 Å². The SMILES string of the molecule is CC(C)(C)C(=O)N1CCCC1C(=O)Nc1cc(C(F)(F)F)cc(C(F)(F)F)c1. The lowest BCUT2D eigenvalue weighted by Gasteiger charge is -2.30. The molecular weight excluding hydrogens is 390 g/mol. The van der Waals surface area contributed by atoms with Gasteiger partial charge in [0.25, 0.3) is 0 Å². The van der Waals surface area contributed by atoms with Crippen LogP contribution in [0, 0.1) is 5.41 Å². The highest BCUT2D eigenvalue weighted by molar-refractivity contribution is 5.98. The second-order valence-corrected chi connectivity index (χ2v) is 7.69. The van der Waals surface area contributed by atoms with Gasteiger partial charge in [-0.25, -0.2) is 0 Å². The number of carbonyl (C=O) groups excluding carboxylic acids is 2. The molecule has 1 aromatic rings. The molecule has 0 aliphatic carbocycles. The Bertz CT molecular complexity index is 733. The van der Waals surface area contributed by atoms with Gasteiger partial charge in [0.1, 0.15) is 6.04 Å². The third-order valence-electron chi connectivity index (χ3n) is 4.31. The van der Waals surface area contributed by atoms with Gasteiger partial charge in [0.15, 0.2) is 0 Å². The van der Waals surface area contributed by atoms with Crippen LogP contribution in [0.4, 0.5) is 32.0 Å². The summed E-state index contributed by atoms with van der Waals surface area (Å²) in [7, 11) is 0. The predicted octanol–water partition coefficient (Wildman–Crippen LogP) is 4.70. The molecule has 0 saturated carbocycles. The highest BCUT2D eigenvalue weighted by Gasteiger charge is 2.40. The normalized spacial score (nSPS) is 18.3. The van der Waals surface area contributed by atoms with Crippen molar-refractivity contribution in [2.45, 2.75) is 52.0 Å². The van der Waals surface area contributed by atoms with Gasteiger partial charge in [-0.15, -0.1) is 0 Å². The zero-order chi connectivity index (χ0) is 21.5. The van der Waals surface area contributed by atoms with Crippen molar-refractivity contribution in [1.29, 1.82) is 0 Å². The summed E-state index contributed by atoms with van der Waals surface area (Å²) >= 11 is 0. The number of likely N-dealkylation sites (tertiary alicyclic amines) is 1. The second-order valence-electron chi connectivity index (χ2n) is 7.69. The van der Waals surface area contributed by atoms with Gasteiger partial charge in [-0.2, -0.15) is 26.3 Å². The summed E-state index contributed by atoms with van der Waals surface area (Å²) in [6.45, 7) is 5.27. The lowest BCUT2D eigenvalue weighted by Crippen LogP contribution is -2.47. The first-order chi connectivity index (χ1) is 12.6. The lowest BCUT2D eigenvalue weighted by molar-refractivity contribution is -0.143. The molecule has 1 N–H and O–H groups in total. The minimum absolute atomic E-state index is 0.0132. The summed E-state index contributed by atoms with van der Waals surface area (Å²) < 4.78 is 77.6. The summed E-state index contributed by atoms with van der Waals surface area (Å²) in [6.07, 6.45) is -9.24. The molecule has 156 valence electrons. The molecule has 2 rings (SSSR count). The van der Waals surface area contributed by atoms with E-state index in [1.807, 2.05) is 0 Å². The van der Waals surface area contributed by atoms with E-state index in [-0.39, 0.29) is 18.4 Å². The number of anilines is 1. The summed E-state index contributed by atoms with van der Waals surface area (Å²) in [6, 6.07) is -0.0768. The van der Waals surface area contributed by atoms with Crippen LogP contribution in [0.3, 0.4) is 0 Å². The van der Waals surface area contributed by atoms with Crippen molar-refractivity contribution in [3.63, 3.8) is 0 Å². The molecule has 0 aromatic heterocycles. The fourth-order valence-electron chi connectivity index (χ4n) is 2.97. The number of alkyl halides is 6. The van der Waals surface area contributed by atoms with Crippen LogP contribution < -0.4 is 5.32 Å². The standard InChI is InChI=1S/C18H20F6N2O2/c1-16(2,3)15(28)26-6-4-5-13(26)14(27)25-12-8-10(17(19,20)21)7-11(9-12)18(22,23)24/h7-9,13H,4-6H2,1-3H3,(H,25,27). The van der Waals surface area contributed by atoms with Crippen molar-refractivity contribution in [2.24, 2.45) is 5.41 Å². The van der Waals surface area contributed by atoms with E-state index in [1.54, 1.807) is 20.8 Å². The summed E-state index contributed by atoms with van der Waals surface area (Å²) in [5.41, 5.74) is -4.44. The van der Waals surface area contributed by atoms with E-state index in [0.717, 1.165) is 0 Å². The number of halogens is 6. The van der Waals surface area contributed by atoms with Gasteiger partial charge in [0.05, 0.1) is 11.1 Å². The molecule has 28 heavy (non-hydrogen) atoms. The third kappa shape index (κ3) is 4.96. The van der Waals surface area contributed by atoms with Crippen LogP contribution in [0.1, 0.15) is 44.7 Å². The van der Waals surface area contributed by atoms with Crippen LogP contribution in [-0.2, 0) is 21.9 Å². The van der Waals surface area contributed by atoms with Crippen LogP contribution >= 0.6 is 0 Å². The molecule has 1 aliphatic rings. The Labute approximate surface area is 157 Å². The van der Waals surface area contributed by atoms with E-state index in [9.17, 15) is 35.9 Å². The largest absolute Gasteiger partial charge is 0.416 e. The van der Waals surface area contributed by atoms with E-state index >= 15 is 0 Å². The predicted molar refractivity (Wildman–Crippen MR) is 89.3 cm³/mol. The minimum atomic E-state index is -5.01. The molecule has 1 heterocycles. The van der Waals surface area contributed by atoms with Crippen molar-refractivity contribution < 1.29 is 35.9 Å². The molecule has 0 bridgehead atoms. The number of carbonyl (C=O) groups is 2. The topological polar surface area (TPSA) is 49.4 Å². The molecule has 1 atom stereocenters. The molecule has 0 spiro atoms. The zero-order valence-corrected chi connectivity index (χ0v) is 15.5. The summed E-state index contributed by atoms with van der Waals surface area (Å²) in [5, 5.41) is 2.11. The van der Waals surface area contributed by atoms with Gasteiger partial charge in [-0.05, 0) is 31.0 Å². The Kier molecular flexibility index (Phi) is 5.73. The van der Waals surface area contributed by atoms with Crippen molar-refractivity contribution in [3.05, 3.63) is 29.3 Å². The average molecular weight is 410 g/mol. The number of hydrogen-bond donors (Lipinski definition) is 1. The maximum absolute atomic E-state index is 12.9. The molecule has 2 amide bonds. The minimum Gasteiger partial charge on any atom is -0.330 e. The first kappa shape index (κ1) is 22.0. The lowest BCUT2D eigenvalue weighted by atomic mass is 9.94. The van der Waals surface area contributed by atoms with E-state index in [1.165, 1.54) is 4.90 Å². The number of nitrogens with zero attached hydrogens (tertiary/aromatic N) is 1. The van der Waals surface area contributed by atoms with Gasteiger partial charge < -0.3 is 10.2 Å². The van der Waals surface area contributed by atoms with Crippen LogP contribution in [0.25, 0.3) is 0 Å². The van der Waals surface area contributed by atoms with Crippen molar-refractivity contribution in [2.75, 3.05) is 11.9 Å². The molecular formula is C18H20F6N2O2. The molecule has 1 saturated heterocycles. The van der Waals surface area contributed by atoms with Gasteiger partial charge >= 0.3 is 12.4 Å². The van der Waals surface area contributed by atoms with E-state index in [2.05, 4.69) is 5.32 Å². The number of rotatable bonds is 2. The quantitative estimate of drug-likeness (QED) is 0.719. The highest BCUT2D eigenvalue weighted by Crippen LogP contribution is 2.37. The molecule has 4 nitrogen and oxygen atoms in total. The Balaban J connectivity index is 2.31. The Morgan fingerprint density at radius 2 is 1.46 bits per heavy atom. The first-order valence-corrected chi connectivity index (χ1v) is 8.52. The van der Waals surface area contributed by atoms with Crippen LogP contribution in [0.2, 0.25) is 0 Å². The van der Waals surface area contributed by atoms with Crippen LogP contribution in [0.15, 0.2) is 18.2 Å². The monoisotopic (exact) mass is 410 g/mol. The number of benzene rings is 1. The molecule has 1 aromatic carbocycles. The van der Waals surface area contributed by atoms with Gasteiger partial charge in [0, 0.05) is 17.6 Å². The van der Waals surface area contributed by atoms with E-state index < -0.39 is 46.5 Å². The first-order valence-electron chi connectivity index (χ1n) is 8.52.